The van der Waals surface area contributed by atoms with E-state index in [1.807, 2.05) is 17.5 Å². The molecule has 7 nitrogen and oxygen atoms in total. The fraction of sp³-hybridized carbons (Fsp3) is 0. The number of hydrogen-bond donors (Lipinski definition) is 1. The number of rotatable bonds is 4. The van der Waals surface area contributed by atoms with Crippen molar-refractivity contribution in [3.05, 3.63) is 62.6 Å². The van der Waals surface area contributed by atoms with Crippen molar-refractivity contribution >= 4 is 40.2 Å². The summed E-state index contributed by atoms with van der Waals surface area (Å²) in [5.41, 5.74) is 0.00615. The van der Waals surface area contributed by atoms with Gasteiger partial charge in [0.25, 0.3) is 11.6 Å². The first-order valence-electron chi connectivity index (χ1n) is 6.30. The number of benzene rings is 1. The number of anilines is 1. The third-order valence-corrected chi connectivity index (χ3v) is 4.13. The third kappa shape index (κ3) is 3.22. The van der Waals surface area contributed by atoms with Crippen molar-refractivity contribution < 1.29 is 14.2 Å². The molecule has 0 radical (unpaired) electrons. The van der Waals surface area contributed by atoms with Crippen LogP contribution in [-0.4, -0.2) is 16.0 Å². The van der Waals surface area contributed by atoms with E-state index in [0.29, 0.717) is 5.76 Å². The molecule has 0 aliphatic carbocycles. The van der Waals surface area contributed by atoms with Crippen LogP contribution in [0.5, 0.6) is 0 Å². The summed E-state index contributed by atoms with van der Waals surface area (Å²) in [7, 11) is 0. The number of carbonyl (C=O) groups excluding carboxylic acids is 1. The second kappa shape index (κ2) is 6.19. The van der Waals surface area contributed by atoms with E-state index in [4.69, 9.17) is 16.1 Å². The van der Waals surface area contributed by atoms with Gasteiger partial charge in [0, 0.05) is 18.2 Å². The zero-order chi connectivity index (χ0) is 16.4. The number of amides is 1. The Bertz CT molecular complexity index is 876. The molecular weight excluding hydrogens is 342 g/mol. The number of nitro benzene ring substituents is 1. The summed E-state index contributed by atoms with van der Waals surface area (Å²) in [5.74, 6) is -0.103. The molecule has 0 atom stereocenters. The van der Waals surface area contributed by atoms with Crippen LogP contribution in [0.25, 0.3) is 10.6 Å². The molecule has 1 N–H and O–H groups in total. The minimum atomic E-state index is -0.572. The van der Waals surface area contributed by atoms with Crippen LogP contribution in [-0.2, 0) is 0 Å². The minimum Gasteiger partial charge on any atom is -0.355 e. The van der Waals surface area contributed by atoms with E-state index < -0.39 is 10.8 Å². The lowest BCUT2D eigenvalue weighted by atomic mass is 10.2. The van der Waals surface area contributed by atoms with Gasteiger partial charge in [0.15, 0.2) is 11.5 Å². The standard InChI is InChI=1S/C14H8ClN3O4S/c15-9-4-3-8(18(20)21)6-10(9)16-14(19)11-7-12(22-17-11)13-2-1-5-23-13/h1-7H,(H,16,19). The van der Waals surface area contributed by atoms with E-state index in [9.17, 15) is 14.9 Å². The van der Waals surface area contributed by atoms with Gasteiger partial charge in [-0.05, 0) is 17.5 Å². The molecule has 9 heteroatoms. The number of nitrogens with zero attached hydrogens (tertiary/aromatic N) is 2. The number of hydrogen-bond acceptors (Lipinski definition) is 6. The minimum absolute atomic E-state index is 0.0518. The fourth-order valence-electron chi connectivity index (χ4n) is 1.83. The molecule has 0 saturated carbocycles. The Hall–Kier alpha value is -2.71. The molecule has 0 unspecified atom stereocenters. The maximum absolute atomic E-state index is 12.2. The van der Waals surface area contributed by atoms with E-state index in [0.717, 1.165) is 4.88 Å². The van der Waals surface area contributed by atoms with Gasteiger partial charge in [-0.3, -0.25) is 14.9 Å². The molecular formula is C14H8ClN3O4S. The van der Waals surface area contributed by atoms with E-state index in [-0.39, 0.29) is 22.1 Å². The molecule has 3 rings (SSSR count). The average Bonchev–Trinajstić information content (AvgIpc) is 3.20. The Kier molecular flexibility index (Phi) is 4.09. The molecule has 1 amide bonds. The smallest absolute Gasteiger partial charge is 0.277 e. The molecule has 23 heavy (non-hydrogen) atoms. The highest BCUT2D eigenvalue weighted by Gasteiger charge is 2.17. The van der Waals surface area contributed by atoms with Crippen LogP contribution < -0.4 is 5.32 Å². The molecule has 116 valence electrons. The van der Waals surface area contributed by atoms with Gasteiger partial charge < -0.3 is 9.84 Å². The number of halogens is 1. The van der Waals surface area contributed by atoms with Crippen molar-refractivity contribution in [2.45, 2.75) is 0 Å². The summed E-state index contributed by atoms with van der Waals surface area (Å²) in [4.78, 5) is 23.2. The van der Waals surface area contributed by atoms with Gasteiger partial charge in [-0.25, -0.2) is 0 Å². The molecule has 3 aromatic rings. The van der Waals surface area contributed by atoms with E-state index in [2.05, 4.69) is 10.5 Å². The summed E-state index contributed by atoms with van der Waals surface area (Å²) < 4.78 is 5.12. The van der Waals surface area contributed by atoms with Crippen molar-refractivity contribution in [3.63, 3.8) is 0 Å². The highest BCUT2D eigenvalue weighted by atomic mass is 35.5. The van der Waals surface area contributed by atoms with Crippen LogP contribution >= 0.6 is 22.9 Å². The van der Waals surface area contributed by atoms with Crippen molar-refractivity contribution in [1.29, 1.82) is 0 Å². The summed E-state index contributed by atoms with van der Waals surface area (Å²) in [5, 5.41) is 19.0. The van der Waals surface area contributed by atoms with Gasteiger partial charge in [0.1, 0.15) is 0 Å². The van der Waals surface area contributed by atoms with E-state index in [1.165, 1.54) is 35.6 Å². The normalized spacial score (nSPS) is 10.5. The lowest BCUT2D eigenvalue weighted by Crippen LogP contribution is -2.12. The van der Waals surface area contributed by atoms with Gasteiger partial charge in [-0.1, -0.05) is 22.8 Å². The second-order valence-electron chi connectivity index (χ2n) is 4.43. The first kappa shape index (κ1) is 15.2. The highest BCUT2D eigenvalue weighted by Crippen LogP contribution is 2.28. The SMILES string of the molecule is O=C(Nc1cc([N+](=O)[O-])ccc1Cl)c1cc(-c2cccs2)on1. The number of nitrogens with one attached hydrogen (secondary N) is 1. The zero-order valence-electron chi connectivity index (χ0n) is 11.4. The molecule has 2 aromatic heterocycles. The Morgan fingerprint density at radius 3 is 2.87 bits per heavy atom. The van der Waals surface area contributed by atoms with Crippen LogP contribution in [0, 0.1) is 10.1 Å². The highest BCUT2D eigenvalue weighted by molar-refractivity contribution is 7.13. The number of thiophene rings is 1. The maximum Gasteiger partial charge on any atom is 0.277 e. The Morgan fingerprint density at radius 2 is 2.17 bits per heavy atom. The van der Waals surface area contributed by atoms with Crippen molar-refractivity contribution in [2.24, 2.45) is 0 Å². The van der Waals surface area contributed by atoms with Gasteiger partial charge in [-0.2, -0.15) is 0 Å². The van der Waals surface area contributed by atoms with Crippen molar-refractivity contribution in [1.82, 2.24) is 5.16 Å². The van der Waals surface area contributed by atoms with Gasteiger partial charge in [-0.15, -0.1) is 11.3 Å². The average molecular weight is 350 g/mol. The Labute approximate surface area is 138 Å². The van der Waals surface area contributed by atoms with Crippen LogP contribution in [0.3, 0.4) is 0 Å². The van der Waals surface area contributed by atoms with Crippen LogP contribution in [0.4, 0.5) is 11.4 Å². The van der Waals surface area contributed by atoms with Gasteiger partial charge in [0.2, 0.25) is 0 Å². The summed E-state index contributed by atoms with van der Waals surface area (Å²) >= 11 is 7.39. The summed E-state index contributed by atoms with van der Waals surface area (Å²) in [6.07, 6.45) is 0. The van der Waals surface area contributed by atoms with Gasteiger partial charge in [0.05, 0.1) is 20.5 Å². The van der Waals surface area contributed by atoms with Gasteiger partial charge >= 0.3 is 0 Å². The Balaban J connectivity index is 1.82. The molecule has 0 spiro atoms. The third-order valence-electron chi connectivity index (χ3n) is 2.92. The zero-order valence-corrected chi connectivity index (χ0v) is 12.9. The molecule has 1 aromatic carbocycles. The fourth-order valence-corrected chi connectivity index (χ4v) is 2.66. The molecule has 0 aliphatic rings. The summed E-state index contributed by atoms with van der Waals surface area (Å²) in [6.45, 7) is 0. The number of non-ortho nitro benzene ring substituents is 1. The maximum atomic E-state index is 12.2. The van der Waals surface area contributed by atoms with Crippen LogP contribution in [0.1, 0.15) is 10.5 Å². The predicted octanol–water partition coefficient (Wildman–Crippen LogP) is 4.22. The van der Waals surface area contributed by atoms with E-state index in [1.54, 1.807) is 0 Å². The van der Waals surface area contributed by atoms with Crippen LogP contribution in [0.2, 0.25) is 5.02 Å². The van der Waals surface area contributed by atoms with Crippen molar-refractivity contribution in [2.75, 3.05) is 5.32 Å². The molecule has 0 fully saturated rings. The van der Waals surface area contributed by atoms with Crippen molar-refractivity contribution in [3.8, 4) is 10.6 Å². The molecule has 0 aliphatic heterocycles. The number of carbonyl (C=O) groups is 1. The molecule has 0 bridgehead atoms. The topological polar surface area (TPSA) is 98.3 Å². The van der Waals surface area contributed by atoms with E-state index >= 15 is 0 Å². The quantitative estimate of drug-likeness (QED) is 0.561. The monoisotopic (exact) mass is 349 g/mol. The largest absolute Gasteiger partial charge is 0.355 e. The molecule has 2 heterocycles. The lowest BCUT2D eigenvalue weighted by Gasteiger charge is -2.04. The second-order valence-corrected chi connectivity index (χ2v) is 5.78. The predicted molar refractivity (Wildman–Crippen MR) is 85.9 cm³/mol. The first-order chi connectivity index (χ1) is 11.0. The first-order valence-corrected chi connectivity index (χ1v) is 7.56. The number of aromatic nitrogens is 1. The lowest BCUT2D eigenvalue weighted by molar-refractivity contribution is -0.384. The summed E-state index contributed by atoms with van der Waals surface area (Å²) in [6, 6.07) is 8.96. The Morgan fingerprint density at radius 1 is 1.35 bits per heavy atom. The molecule has 0 saturated heterocycles. The number of nitro groups is 1. The van der Waals surface area contributed by atoms with Crippen LogP contribution in [0.15, 0.2) is 46.3 Å².